The van der Waals surface area contributed by atoms with E-state index in [0.29, 0.717) is 67.3 Å². The molecule has 0 N–H and O–H groups in total. The molecular weight excluding hydrogens is 440 g/mol. The van der Waals surface area contributed by atoms with Gasteiger partial charge in [0.25, 0.3) is 0 Å². The number of carbonyl (C=O) groups is 3. The monoisotopic (exact) mass is 472 g/mol. The van der Waals surface area contributed by atoms with Crippen molar-refractivity contribution in [2.75, 3.05) is 30.3 Å². The lowest BCUT2D eigenvalue weighted by molar-refractivity contribution is -0.160. The maximum absolute atomic E-state index is 12.8. The van der Waals surface area contributed by atoms with Crippen LogP contribution in [0.2, 0.25) is 0 Å². The maximum Gasteiger partial charge on any atom is 0.309 e. The summed E-state index contributed by atoms with van der Waals surface area (Å²) >= 11 is 1.17. The van der Waals surface area contributed by atoms with Gasteiger partial charge in [-0.05, 0) is 51.9 Å². The Hall–Kier alpha value is -2.60. The average Bonchev–Trinajstić information content (AvgIpc) is 3.17. The summed E-state index contributed by atoms with van der Waals surface area (Å²) < 4.78 is 5.53. The van der Waals surface area contributed by atoms with Gasteiger partial charge in [0.1, 0.15) is 17.5 Å². The van der Waals surface area contributed by atoms with E-state index in [1.807, 2.05) is 32.6 Å². The van der Waals surface area contributed by atoms with Crippen LogP contribution >= 0.6 is 11.8 Å². The van der Waals surface area contributed by atoms with Crippen LogP contribution in [0, 0.1) is 17.2 Å². The Morgan fingerprint density at radius 1 is 1.27 bits per heavy atom. The van der Waals surface area contributed by atoms with Crippen molar-refractivity contribution in [3.05, 3.63) is 22.9 Å². The van der Waals surface area contributed by atoms with Crippen molar-refractivity contribution in [1.29, 1.82) is 5.26 Å². The van der Waals surface area contributed by atoms with E-state index < -0.39 is 5.60 Å². The van der Waals surface area contributed by atoms with Gasteiger partial charge in [-0.25, -0.2) is 4.98 Å². The smallest absolute Gasteiger partial charge is 0.309 e. The molecule has 8 nitrogen and oxygen atoms in total. The van der Waals surface area contributed by atoms with E-state index >= 15 is 0 Å². The van der Waals surface area contributed by atoms with E-state index in [1.54, 1.807) is 11.0 Å². The number of pyridine rings is 1. The van der Waals surface area contributed by atoms with E-state index in [2.05, 4.69) is 6.07 Å². The Morgan fingerprint density at radius 3 is 2.52 bits per heavy atom. The first-order valence-electron chi connectivity index (χ1n) is 11.5. The molecule has 1 amide bonds. The number of likely N-dealkylation sites (tertiary alicyclic amines) is 1. The largest absolute Gasteiger partial charge is 0.460 e. The number of amides is 1. The molecule has 0 aliphatic carbocycles. The van der Waals surface area contributed by atoms with Crippen LogP contribution in [0.3, 0.4) is 0 Å². The number of hydrogen-bond acceptors (Lipinski definition) is 8. The summed E-state index contributed by atoms with van der Waals surface area (Å²) in [4.78, 5) is 45.9. The van der Waals surface area contributed by atoms with Gasteiger partial charge in [0.05, 0.1) is 29.3 Å². The average molecular weight is 473 g/mol. The van der Waals surface area contributed by atoms with Gasteiger partial charge in [-0.3, -0.25) is 14.4 Å². The molecule has 2 aliphatic rings. The lowest BCUT2D eigenvalue weighted by atomic mass is 9.96. The number of anilines is 1. The molecule has 2 fully saturated rings. The summed E-state index contributed by atoms with van der Waals surface area (Å²) in [6, 6.07) is 3.80. The van der Waals surface area contributed by atoms with Crippen LogP contribution in [0.25, 0.3) is 0 Å². The number of ether oxygens (including phenoxy) is 1. The molecule has 0 radical (unpaired) electrons. The first-order valence-corrected chi connectivity index (χ1v) is 12.5. The Labute approximate surface area is 199 Å². The molecule has 3 heterocycles. The highest BCUT2D eigenvalue weighted by Gasteiger charge is 2.31. The van der Waals surface area contributed by atoms with Gasteiger partial charge >= 0.3 is 5.97 Å². The van der Waals surface area contributed by atoms with Crippen molar-refractivity contribution < 1.29 is 19.1 Å². The third kappa shape index (κ3) is 6.26. The van der Waals surface area contributed by atoms with Crippen LogP contribution in [0.4, 0.5) is 5.82 Å². The van der Waals surface area contributed by atoms with E-state index in [0.717, 1.165) is 6.42 Å². The van der Waals surface area contributed by atoms with Gasteiger partial charge in [0, 0.05) is 26.1 Å². The van der Waals surface area contributed by atoms with Crippen LogP contribution in [0.5, 0.6) is 0 Å². The van der Waals surface area contributed by atoms with Crippen molar-refractivity contribution in [2.45, 2.75) is 65.5 Å². The number of aromatic nitrogens is 1. The summed E-state index contributed by atoms with van der Waals surface area (Å²) in [7, 11) is 0. The zero-order chi connectivity index (χ0) is 24.2. The third-order valence-electron chi connectivity index (χ3n) is 5.74. The van der Waals surface area contributed by atoms with Crippen molar-refractivity contribution in [1.82, 2.24) is 9.88 Å². The Kier molecular flexibility index (Phi) is 8.01. The van der Waals surface area contributed by atoms with Crippen LogP contribution in [-0.4, -0.2) is 57.9 Å². The lowest BCUT2D eigenvalue weighted by Gasteiger charge is -2.34. The molecule has 33 heavy (non-hydrogen) atoms. The first-order chi connectivity index (χ1) is 15.6. The number of thioether (sulfide) groups is 1. The highest BCUT2D eigenvalue weighted by Crippen LogP contribution is 2.30. The number of piperidine rings is 1. The molecule has 0 saturated carbocycles. The Bertz CT molecular complexity index is 958. The zero-order valence-electron chi connectivity index (χ0n) is 19.8. The van der Waals surface area contributed by atoms with Crippen LogP contribution in [0.1, 0.15) is 75.0 Å². The standard InChI is InChI=1S/C24H32N4O4S/c1-5-33-23(31)18-13-17(14-25)21(26-19(18)15-28-10-6-7-20(28)29)27-11-8-16(9-12-27)22(30)32-24(2,3)4/h13,16H,5-12,15H2,1-4H3. The van der Waals surface area contributed by atoms with E-state index in [4.69, 9.17) is 9.72 Å². The van der Waals surface area contributed by atoms with Gasteiger partial charge < -0.3 is 14.5 Å². The van der Waals surface area contributed by atoms with E-state index in [9.17, 15) is 19.6 Å². The predicted octanol–water partition coefficient (Wildman–Crippen LogP) is 3.53. The van der Waals surface area contributed by atoms with Crippen molar-refractivity contribution in [2.24, 2.45) is 5.92 Å². The summed E-state index contributed by atoms with van der Waals surface area (Å²) in [5.74, 6) is 0.807. The number of esters is 1. The molecular formula is C24H32N4O4S. The summed E-state index contributed by atoms with van der Waals surface area (Å²) in [6.07, 6.45) is 2.52. The van der Waals surface area contributed by atoms with Gasteiger partial charge in [-0.2, -0.15) is 5.26 Å². The number of hydrogen-bond donors (Lipinski definition) is 0. The van der Waals surface area contributed by atoms with E-state index in [-0.39, 0.29) is 29.5 Å². The molecule has 1 aromatic heterocycles. The molecule has 0 unspecified atom stereocenters. The van der Waals surface area contributed by atoms with Crippen LogP contribution in [0.15, 0.2) is 6.07 Å². The second-order valence-corrected chi connectivity index (χ2v) is 10.6. The van der Waals surface area contributed by atoms with Gasteiger partial charge in [0.15, 0.2) is 0 Å². The predicted molar refractivity (Wildman–Crippen MR) is 127 cm³/mol. The second-order valence-electron chi connectivity index (χ2n) is 9.40. The molecule has 178 valence electrons. The van der Waals surface area contributed by atoms with Crippen molar-refractivity contribution in [3.63, 3.8) is 0 Å². The molecule has 2 aliphatic heterocycles. The molecule has 1 aromatic rings. The van der Waals surface area contributed by atoms with Crippen LogP contribution in [-0.2, 0) is 20.9 Å². The molecule has 0 spiro atoms. The van der Waals surface area contributed by atoms with Gasteiger partial charge in [0.2, 0.25) is 11.0 Å². The maximum atomic E-state index is 12.8. The Balaban J connectivity index is 1.85. The topological polar surface area (TPSA) is 104 Å². The molecule has 0 aromatic carbocycles. The summed E-state index contributed by atoms with van der Waals surface area (Å²) in [5.41, 5.74) is 0.733. The molecule has 0 bridgehead atoms. The second kappa shape index (κ2) is 10.6. The van der Waals surface area contributed by atoms with Gasteiger partial charge in [-0.1, -0.05) is 18.7 Å². The van der Waals surface area contributed by atoms with Crippen molar-refractivity contribution in [3.8, 4) is 6.07 Å². The number of nitrogens with zero attached hydrogens (tertiary/aromatic N) is 4. The minimum absolute atomic E-state index is 0.0578. The summed E-state index contributed by atoms with van der Waals surface area (Å²) in [5, 5.41) is 9.66. The summed E-state index contributed by atoms with van der Waals surface area (Å²) in [6.45, 7) is 9.49. The molecule has 3 rings (SSSR count). The Morgan fingerprint density at radius 2 is 1.97 bits per heavy atom. The molecule has 2 saturated heterocycles. The van der Waals surface area contributed by atoms with E-state index in [1.165, 1.54) is 11.8 Å². The SMILES string of the molecule is CCSC(=O)c1cc(C#N)c(N2CCC(C(=O)OC(C)(C)C)CC2)nc1CN1CCCC1=O. The fourth-order valence-electron chi connectivity index (χ4n) is 4.13. The quantitative estimate of drug-likeness (QED) is 0.579. The minimum atomic E-state index is -0.523. The highest BCUT2D eigenvalue weighted by molar-refractivity contribution is 8.14. The molecule has 0 atom stereocenters. The number of rotatable bonds is 6. The number of carbonyl (C=O) groups excluding carboxylic acids is 3. The molecule has 9 heteroatoms. The zero-order valence-corrected chi connectivity index (χ0v) is 20.7. The highest BCUT2D eigenvalue weighted by atomic mass is 32.2. The lowest BCUT2D eigenvalue weighted by Crippen LogP contribution is -2.39. The van der Waals surface area contributed by atoms with Crippen LogP contribution < -0.4 is 4.90 Å². The number of nitriles is 1. The normalized spacial score (nSPS) is 17.2. The third-order valence-corrected chi connectivity index (χ3v) is 6.51. The minimum Gasteiger partial charge on any atom is -0.460 e. The fourth-order valence-corrected chi connectivity index (χ4v) is 4.73. The first kappa shape index (κ1) is 25.0. The van der Waals surface area contributed by atoms with Gasteiger partial charge in [-0.15, -0.1) is 0 Å². The fraction of sp³-hybridized carbons (Fsp3) is 0.625. The van der Waals surface area contributed by atoms with Crippen molar-refractivity contribution >= 4 is 34.6 Å².